The minimum Gasteiger partial charge on any atom is -0.497 e. The Morgan fingerprint density at radius 2 is 1.59 bits per heavy atom. The van der Waals surface area contributed by atoms with Crippen molar-refractivity contribution in [2.24, 2.45) is 0 Å². The van der Waals surface area contributed by atoms with Gasteiger partial charge in [-0.3, -0.25) is 9.78 Å². The first kappa shape index (κ1) is 14.1. The van der Waals surface area contributed by atoms with Gasteiger partial charge in [-0.15, -0.1) is 0 Å². The van der Waals surface area contributed by atoms with Crippen molar-refractivity contribution in [3.8, 4) is 22.6 Å². The van der Waals surface area contributed by atoms with Crippen LogP contribution in [0, 0.1) is 0 Å². The standard InChI is InChI=1S/C18H15NO3/c1-21-13-5-3-12(4-6-13)17-10-19-18(11-20)15-8-7-14(22-2)9-16(15)17/h3-11H,1-2H3. The van der Waals surface area contributed by atoms with Gasteiger partial charge in [0, 0.05) is 17.1 Å². The highest BCUT2D eigenvalue weighted by Crippen LogP contribution is 2.32. The number of carbonyl (C=O) groups is 1. The Bertz CT molecular complexity index is 826. The number of rotatable bonds is 4. The van der Waals surface area contributed by atoms with Crippen LogP contribution in [0.4, 0.5) is 0 Å². The fourth-order valence-corrected chi connectivity index (χ4v) is 2.46. The number of fused-ring (bicyclic) bond motifs is 1. The third-order valence-electron chi connectivity index (χ3n) is 3.64. The molecule has 3 aromatic rings. The van der Waals surface area contributed by atoms with E-state index in [1.165, 1.54) is 0 Å². The molecule has 4 nitrogen and oxygen atoms in total. The molecule has 0 fully saturated rings. The largest absolute Gasteiger partial charge is 0.497 e. The van der Waals surface area contributed by atoms with Crippen LogP contribution in [0.2, 0.25) is 0 Å². The Kier molecular flexibility index (Phi) is 3.74. The van der Waals surface area contributed by atoms with E-state index in [1.807, 2.05) is 42.5 Å². The van der Waals surface area contributed by atoms with E-state index < -0.39 is 0 Å². The Morgan fingerprint density at radius 1 is 0.909 bits per heavy atom. The molecule has 2 aromatic carbocycles. The zero-order valence-electron chi connectivity index (χ0n) is 12.4. The van der Waals surface area contributed by atoms with Gasteiger partial charge >= 0.3 is 0 Å². The Hall–Kier alpha value is -2.88. The highest BCUT2D eigenvalue weighted by atomic mass is 16.5. The second-order valence-corrected chi connectivity index (χ2v) is 4.81. The first-order valence-electron chi connectivity index (χ1n) is 6.83. The van der Waals surface area contributed by atoms with Crippen LogP contribution >= 0.6 is 0 Å². The fraction of sp³-hybridized carbons (Fsp3) is 0.111. The molecule has 0 N–H and O–H groups in total. The molecule has 0 bridgehead atoms. The third-order valence-corrected chi connectivity index (χ3v) is 3.64. The summed E-state index contributed by atoms with van der Waals surface area (Å²) in [5.41, 5.74) is 2.38. The van der Waals surface area contributed by atoms with Crippen LogP contribution in [0.1, 0.15) is 10.5 Å². The van der Waals surface area contributed by atoms with Crippen molar-refractivity contribution in [1.29, 1.82) is 0 Å². The monoisotopic (exact) mass is 293 g/mol. The molecule has 0 saturated heterocycles. The summed E-state index contributed by atoms with van der Waals surface area (Å²) in [6.45, 7) is 0. The number of benzene rings is 2. The summed E-state index contributed by atoms with van der Waals surface area (Å²) >= 11 is 0. The van der Waals surface area contributed by atoms with Crippen molar-refractivity contribution in [3.63, 3.8) is 0 Å². The maximum absolute atomic E-state index is 11.2. The number of hydrogen-bond donors (Lipinski definition) is 0. The number of aromatic nitrogens is 1. The summed E-state index contributed by atoms with van der Waals surface area (Å²) in [5.74, 6) is 1.54. The number of hydrogen-bond acceptors (Lipinski definition) is 4. The third kappa shape index (κ3) is 2.39. The lowest BCUT2D eigenvalue weighted by Crippen LogP contribution is -1.93. The first-order chi connectivity index (χ1) is 10.8. The molecule has 0 amide bonds. The number of pyridine rings is 1. The molecule has 0 aliphatic heterocycles. The minimum atomic E-state index is 0.426. The molecule has 0 aliphatic carbocycles. The Morgan fingerprint density at radius 3 is 2.23 bits per heavy atom. The lowest BCUT2D eigenvalue weighted by Gasteiger charge is -2.10. The first-order valence-corrected chi connectivity index (χ1v) is 6.83. The maximum Gasteiger partial charge on any atom is 0.169 e. The molecular weight excluding hydrogens is 278 g/mol. The molecule has 0 saturated carbocycles. The van der Waals surface area contributed by atoms with Gasteiger partial charge in [-0.1, -0.05) is 12.1 Å². The van der Waals surface area contributed by atoms with Crippen LogP contribution in [0.5, 0.6) is 11.5 Å². The van der Waals surface area contributed by atoms with Crippen LogP contribution in [-0.2, 0) is 0 Å². The second-order valence-electron chi connectivity index (χ2n) is 4.81. The van der Waals surface area contributed by atoms with Crippen LogP contribution in [0.3, 0.4) is 0 Å². The number of carbonyl (C=O) groups excluding carboxylic acids is 1. The molecule has 22 heavy (non-hydrogen) atoms. The number of ether oxygens (including phenoxy) is 2. The van der Waals surface area contributed by atoms with Crippen LogP contribution in [0.15, 0.2) is 48.7 Å². The summed E-state index contributed by atoms with van der Waals surface area (Å²) in [5, 5.41) is 1.74. The fourth-order valence-electron chi connectivity index (χ4n) is 2.46. The molecule has 3 rings (SSSR count). The van der Waals surface area contributed by atoms with Gasteiger partial charge in [-0.2, -0.15) is 0 Å². The minimum absolute atomic E-state index is 0.426. The molecular formula is C18H15NO3. The number of nitrogens with zero attached hydrogens (tertiary/aromatic N) is 1. The molecule has 110 valence electrons. The van der Waals surface area contributed by atoms with E-state index in [9.17, 15) is 4.79 Å². The summed E-state index contributed by atoms with van der Waals surface area (Å²) in [6.07, 6.45) is 2.49. The van der Waals surface area contributed by atoms with Crippen molar-refractivity contribution in [3.05, 3.63) is 54.4 Å². The molecule has 0 atom stereocenters. The smallest absolute Gasteiger partial charge is 0.169 e. The van der Waals surface area contributed by atoms with Gasteiger partial charge in [0.2, 0.25) is 0 Å². The predicted molar refractivity (Wildman–Crippen MR) is 85.7 cm³/mol. The van der Waals surface area contributed by atoms with Gasteiger partial charge in [-0.25, -0.2) is 0 Å². The van der Waals surface area contributed by atoms with Gasteiger partial charge in [0.1, 0.15) is 17.2 Å². The van der Waals surface area contributed by atoms with E-state index in [2.05, 4.69) is 4.98 Å². The lowest BCUT2D eigenvalue weighted by molar-refractivity contribution is 0.112. The average molecular weight is 293 g/mol. The quantitative estimate of drug-likeness (QED) is 0.688. The van der Waals surface area contributed by atoms with Crippen LogP contribution in [-0.4, -0.2) is 25.5 Å². The van der Waals surface area contributed by atoms with Crippen molar-refractivity contribution in [2.45, 2.75) is 0 Å². The van der Waals surface area contributed by atoms with Gasteiger partial charge in [0.25, 0.3) is 0 Å². The van der Waals surface area contributed by atoms with E-state index >= 15 is 0 Å². The van der Waals surface area contributed by atoms with E-state index in [1.54, 1.807) is 20.4 Å². The van der Waals surface area contributed by atoms with E-state index in [4.69, 9.17) is 9.47 Å². The molecule has 0 aliphatic rings. The molecule has 0 radical (unpaired) electrons. The lowest BCUT2D eigenvalue weighted by atomic mass is 9.99. The van der Waals surface area contributed by atoms with Crippen molar-refractivity contribution in [2.75, 3.05) is 14.2 Å². The van der Waals surface area contributed by atoms with E-state index in [0.29, 0.717) is 5.69 Å². The molecule has 0 unspecified atom stereocenters. The van der Waals surface area contributed by atoms with Gasteiger partial charge in [0.05, 0.1) is 14.2 Å². The molecule has 0 spiro atoms. The average Bonchev–Trinajstić information content (AvgIpc) is 2.60. The van der Waals surface area contributed by atoms with Gasteiger partial charge in [0.15, 0.2) is 6.29 Å². The Balaban J connectivity index is 2.25. The van der Waals surface area contributed by atoms with Crippen LogP contribution < -0.4 is 9.47 Å². The topological polar surface area (TPSA) is 48.4 Å². The molecule has 1 aromatic heterocycles. The van der Waals surface area contributed by atoms with Crippen molar-refractivity contribution in [1.82, 2.24) is 4.98 Å². The second kappa shape index (κ2) is 5.85. The summed E-state index contributed by atoms with van der Waals surface area (Å²) < 4.78 is 10.5. The molecule has 4 heteroatoms. The highest BCUT2D eigenvalue weighted by molar-refractivity contribution is 6.04. The van der Waals surface area contributed by atoms with Gasteiger partial charge in [-0.05, 0) is 41.3 Å². The van der Waals surface area contributed by atoms with E-state index in [0.717, 1.165) is 39.7 Å². The van der Waals surface area contributed by atoms with Crippen molar-refractivity contribution >= 4 is 17.1 Å². The normalized spacial score (nSPS) is 10.5. The highest BCUT2D eigenvalue weighted by Gasteiger charge is 2.10. The predicted octanol–water partition coefficient (Wildman–Crippen LogP) is 3.73. The number of methoxy groups -OCH3 is 2. The summed E-state index contributed by atoms with van der Waals surface area (Å²) in [6, 6.07) is 13.3. The Labute approximate surface area is 128 Å². The molecule has 1 heterocycles. The number of aldehydes is 1. The zero-order chi connectivity index (χ0) is 15.5. The maximum atomic E-state index is 11.2. The van der Waals surface area contributed by atoms with Crippen LogP contribution in [0.25, 0.3) is 21.9 Å². The summed E-state index contributed by atoms with van der Waals surface area (Å²) in [4.78, 5) is 15.5. The SMILES string of the molecule is COc1ccc(-c2cnc(C=O)c3ccc(OC)cc23)cc1. The summed E-state index contributed by atoms with van der Waals surface area (Å²) in [7, 11) is 3.26. The van der Waals surface area contributed by atoms with E-state index in [-0.39, 0.29) is 0 Å². The zero-order valence-corrected chi connectivity index (χ0v) is 12.4. The van der Waals surface area contributed by atoms with Crippen molar-refractivity contribution < 1.29 is 14.3 Å². The van der Waals surface area contributed by atoms with Gasteiger partial charge < -0.3 is 9.47 Å².